The number of aryl methyl sites for hydroxylation is 1. The van der Waals surface area contributed by atoms with E-state index >= 15 is 0 Å². The topological polar surface area (TPSA) is 71.1 Å². The third-order valence-corrected chi connectivity index (χ3v) is 9.97. The highest BCUT2D eigenvalue weighted by Gasteiger charge is 2.60. The van der Waals surface area contributed by atoms with Crippen molar-refractivity contribution in [3.63, 3.8) is 0 Å². The second-order valence-corrected chi connectivity index (χ2v) is 12.8. The average Bonchev–Trinajstić information content (AvgIpc) is 3.40. The van der Waals surface area contributed by atoms with E-state index < -0.39 is 17.4 Å². The van der Waals surface area contributed by atoms with Crippen LogP contribution in [0.5, 0.6) is 0 Å². The maximum Gasteiger partial charge on any atom is 0.328 e. The zero-order valence-corrected chi connectivity index (χ0v) is 25.3. The number of ether oxygens (including phenoxy) is 2. The van der Waals surface area contributed by atoms with Crippen LogP contribution in [-0.2, 0) is 30.9 Å². The number of rotatable bonds is 8. The third kappa shape index (κ3) is 4.62. The van der Waals surface area contributed by atoms with Crippen molar-refractivity contribution in [3.8, 4) is 0 Å². The first-order valence-corrected chi connectivity index (χ1v) is 15.4. The molecule has 3 heterocycles. The summed E-state index contributed by atoms with van der Waals surface area (Å²) in [5.41, 5.74) is 4.63. The Hall–Kier alpha value is -2.97. The van der Waals surface area contributed by atoms with Crippen LogP contribution in [0.4, 0.5) is 22.7 Å². The summed E-state index contributed by atoms with van der Waals surface area (Å²) < 4.78 is 10.8. The van der Waals surface area contributed by atoms with Gasteiger partial charge in [-0.15, -0.1) is 0 Å². The van der Waals surface area contributed by atoms with Crippen molar-refractivity contribution in [2.45, 2.75) is 55.7 Å². The Morgan fingerprint density at radius 1 is 1.07 bits per heavy atom. The first kappa shape index (κ1) is 27.8. The molecule has 4 aliphatic rings. The van der Waals surface area contributed by atoms with Gasteiger partial charge in [-0.1, -0.05) is 59.1 Å². The molecule has 3 atom stereocenters. The van der Waals surface area contributed by atoms with Gasteiger partial charge in [-0.05, 0) is 73.6 Å². The summed E-state index contributed by atoms with van der Waals surface area (Å²) >= 11 is 19.9. The summed E-state index contributed by atoms with van der Waals surface area (Å²) in [6.45, 7) is 1.53. The van der Waals surface area contributed by atoms with E-state index in [9.17, 15) is 9.59 Å². The molecule has 218 valence electrons. The summed E-state index contributed by atoms with van der Waals surface area (Å²) in [4.78, 5) is 30.2. The maximum atomic E-state index is 13.4. The van der Waals surface area contributed by atoms with Gasteiger partial charge in [-0.3, -0.25) is 9.69 Å². The number of amides is 1. The summed E-state index contributed by atoms with van der Waals surface area (Å²) in [5.74, 6) is -0.320. The Labute approximate surface area is 259 Å². The van der Waals surface area contributed by atoms with Crippen LogP contribution in [-0.4, -0.2) is 50.3 Å². The van der Waals surface area contributed by atoms with Crippen LogP contribution in [0.2, 0.25) is 15.1 Å². The zero-order chi connectivity index (χ0) is 29.2. The first-order valence-electron chi connectivity index (χ1n) is 14.2. The summed E-state index contributed by atoms with van der Waals surface area (Å²) in [6, 6.07) is 17.0. The van der Waals surface area contributed by atoms with Crippen molar-refractivity contribution in [2.24, 2.45) is 0 Å². The lowest BCUT2D eigenvalue weighted by atomic mass is 9.98. The fourth-order valence-corrected chi connectivity index (χ4v) is 7.53. The average molecular weight is 627 g/mol. The SMILES string of the molecule is COC(=O)[C@H](CCc1ccc(N2C(=O)C3(CC3)c3cccc(Cl)c32)cc1)Nc1c(Cl)cc(N2C[C@@H]3C[C@H]2CO3)cc1Cl. The molecule has 0 radical (unpaired) electrons. The smallest absolute Gasteiger partial charge is 0.328 e. The number of carbonyl (C=O) groups is 2. The van der Waals surface area contributed by atoms with Gasteiger partial charge >= 0.3 is 5.97 Å². The van der Waals surface area contributed by atoms with Crippen molar-refractivity contribution in [1.82, 2.24) is 0 Å². The second kappa shape index (κ2) is 10.6. The molecule has 7 nitrogen and oxygen atoms in total. The van der Waals surface area contributed by atoms with E-state index in [4.69, 9.17) is 44.3 Å². The highest BCUT2D eigenvalue weighted by molar-refractivity contribution is 6.39. The highest BCUT2D eigenvalue weighted by Crippen LogP contribution is 2.60. The molecule has 1 saturated carbocycles. The Morgan fingerprint density at radius 3 is 2.43 bits per heavy atom. The molecule has 42 heavy (non-hydrogen) atoms. The monoisotopic (exact) mass is 625 g/mol. The van der Waals surface area contributed by atoms with Crippen molar-refractivity contribution in [2.75, 3.05) is 35.4 Å². The fraction of sp³-hybridized carbons (Fsp3) is 0.375. The number of esters is 1. The van der Waals surface area contributed by atoms with Gasteiger partial charge in [0, 0.05) is 17.9 Å². The normalized spacial score (nSPS) is 22.0. The Bertz CT molecular complexity index is 1550. The molecule has 1 N–H and O–H groups in total. The van der Waals surface area contributed by atoms with E-state index in [0.717, 1.165) is 54.0 Å². The number of nitrogens with zero attached hydrogens (tertiary/aromatic N) is 2. The maximum absolute atomic E-state index is 13.4. The van der Waals surface area contributed by atoms with Crippen LogP contribution in [0.15, 0.2) is 54.6 Å². The quantitative estimate of drug-likeness (QED) is 0.274. The molecule has 3 aromatic carbocycles. The Balaban J connectivity index is 1.06. The number of carbonyl (C=O) groups excluding carboxylic acids is 2. The van der Waals surface area contributed by atoms with Gasteiger partial charge in [0.25, 0.3) is 0 Å². The molecule has 3 aliphatic heterocycles. The number of halogens is 3. The second-order valence-electron chi connectivity index (χ2n) is 11.6. The van der Waals surface area contributed by atoms with E-state index in [1.807, 2.05) is 54.6 Å². The van der Waals surface area contributed by atoms with Gasteiger partial charge < -0.3 is 19.7 Å². The van der Waals surface area contributed by atoms with E-state index in [1.165, 1.54) is 7.11 Å². The van der Waals surface area contributed by atoms with Gasteiger partial charge in [-0.2, -0.15) is 0 Å². The number of hydrogen-bond donors (Lipinski definition) is 1. The number of nitrogens with one attached hydrogen (secondary N) is 1. The van der Waals surface area contributed by atoms with Crippen molar-refractivity contribution in [3.05, 3.63) is 80.8 Å². The van der Waals surface area contributed by atoms with Gasteiger partial charge in [0.1, 0.15) is 6.04 Å². The van der Waals surface area contributed by atoms with Crippen LogP contribution >= 0.6 is 34.8 Å². The lowest BCUT2D eigenvalue weighted by Crippen LogP contribution is -2.37. The molecule has 1 spiro atoms. The molecule has 0 unspecified atom stereocenters. The molecule has 3 aromatic rings. The fourth-order valence-electron chi connectivity index (χ4n) is 6.68. The van der Waals surface area contributed by atoms with E-state index in [-0.39, 0.29) is 12.0 Å². The predicted molar refractivity (Wildman–Crippen MR) is 166 cm³/mol. The lowest BCUT2D eigenvalue weighted by molar-refractivity contribution is -0.141. The number of anilines is 4. The molecule has 1 aliphatic carbocycles. The molecule has 7 rings (SSSR count). The van der Waals surface area contributed by atoms with Gasteiger partial charge in [-0.25, -0.2) is 4.79 Å². The predicted octanol–water partition coefficient (Wildman–Crippen LogP) is 6.92. The van der Waals surface area contributed by atoms with Crippen LogP contribution in [0, 0.1) is 0 Å². The number of para-hydroxylation sites is 1. The highest BCUT2D eigenvalue weighted by atomic mass is 35.5. The van der Waals surface area contributed by atoms with Gasteiger partial charge in [0.05, 0.1) is 57.7 Å². The Morgan fingerprint density at radius 2 is 1.81 bits per heavy atom. The summed E-state index contributed by atoms with van der Waals surface area (Å²) in [7, 11) is 1.37. The Kier molecular flexibility index (Phi) is 7.05. The van der Waals surface area contributed by atoms with Crippen molar-refractivity contribution in [1.29, 1.82) is 0 Å². The first-order chi connectivity index (χ1) is 20.3. The number of benzene rings is 3. The van der Waals surface area contributed by atoms with E-state index in [1.54, 1.807) is 4.90 Å². The van der Waals surface area contributed by atoms with E-state index in [2.05, 4.69) is 10.2 Å². The minimum Gasteiger partial charge on any atom is -0.467 e. The zero-order valence-electron chi connectivity index (χ0n) is 23.0. The van der Waals surface area contributed by atoms with E-state index in [0.29, 0.717) is 46.2 Å². The molecule has 3 fully saturated rings. The van der Waals surface area contributed by atoms with Crippen LogP contribution in [0.1, 0.15) is 36.8 Å². The standard InChI is InChI=1S/C32H30Cl3N3O4/c1-41-30(39)27(36-28-25(34)14-20(15-26(28)35)37-16-22-13-21(37)17-42-22)10-7-18-5-8-19(9-6-18)38-29-23(3-2-4-24(29)33)32(11-12-32)31(38)40/h2-6,8-9,14-15,21-22,27,36H,7,10-13,16-17H2,1H3/t21-,22-,27-/m0/s1. The third-order valence-electron chi connectivity index (χ3n) is 9.07. The molecular formula is C32H30Cl3N3O4. The van der Waals surface area contributed by atoms with Gasteiger partial charge in [0.15, 0.2) is 0 Å². The molecular weight excluding hydrogens is 597 g/mol. The number of fused-ring (bicyclic) bond motifs is 4. The number of methoxy groups -OCH3 is 1. The molecule has 0 aromatic heterocycles. The summed E-state index contributed by atoms with van der Waals surface area (Å²) in [6.07, 6.45) is 4.00. The van der Waals surface area contributed by atoms with Crippen LogP contribution in [0.25, 0.3) is 0 Å². The van der Waals surface area contributed by atoms with Gasteiger partial charge in [0.2, 0.25) is 5.91 Å². The van der Waals surface area contributed by atoms with Crippen molar-refractivity contribution >= 4 is 69.4 Å². The largest absolute Gasteiger partial charge is 0.467 e. The van der Waals surface area contributed by atoms with Crippen LogP contribution in [0.3, 0.4) is 0 Å². The molecule has 10 heteroatoms. The summed E-state index contributed by atoms with van der Waals surface area (Å²) in [5, 5.41) is 4.70. The lowest BCUT2D eigenvalue weighted by Gasteiger charge is -2.30. The minimum absolute atomic E-state index is 0.0821. The number of hydrogen-bond acceptors (Lipinski definition) is 6. The molecule has 1 amide bonds. The minimum atomic E-state index is -0.660. The number of morpholine rings is 1. The van der Waals surface area contributed by atoms with Crippen molar-refractivity contribution < 1.29 is 19.1 Å². The van der Waals surface area contributed by atoms with Crippen LogP contribution < -0.4 is 15.1 Å². The molecule has 2 saturated heterocycles. The molecule has 2 bridgehead atoms.